The summed E-state index contributed by atoms with van der Waals surface area (Å²) in [6, 6.07) is 10.9. The molecule has 0 radical (unpaired) electrons. The van der Waals surface area contributed by atoms with E-state index in [2.05, 4.69) is 20.0 Å². The normalized spacial score (nSPS) is 12.2. The summed E-state index contributed by atoms with van der Waals surface area (Å²) in [5, 5.41) is 2.82. The lowest BCUT2D eigenvalue weighted by Crippen LogP contribution is -2.36. The number of anilines is 1. The molecule has 0 aliphatic heterocycles. The number of rotatable bonds is 7. The van der Waals surface area contributed by atoms with Gasteiger partial charge in [0.25, 0.3) is 5.91 Å². The van der Waals surface area contributed by atoms with Crippen molar-refractivity contribution in [2.75, 3.05) is 18.1 Å². The second kappa shape index (κ2) is 8.21. The lowest BCUT2D eigenvalue weighted by Gasteiger charge is -2.25. The second-order valence-electron chi connectivity index (χ2n) is 8.26. The Morgan fingerprint density at radius 3 is 2.50 bits per heavy atom. The minimum absolute atomic E-state index is 0.264. The summed E-state index contributed by atoms with van der Waals surface area (Å²) < 4.78 is 29.0. The first kappa shape index (κ1) is 21.7. The molecule has 3 aromatic heterocycles. The quantitative estimate of drug-likeness (QED) is 0.448. The standard InChI is InChI=1S/C22H24N6O3S/c1-22(2,14-24-32(3,30)31)17-6-4-16(5-7-17)21(29)26-19-13-28-12-18(8-9-20(28)25-19)27-11-10-23-15-27/h4-13,15,24H,14H2,1-3H3,(H,26,29). The molecular formula is C22H24N6O3S. The van der Waals surface area contributed by atoms with Gasteiger partial charge in [0, 0.05) is 36.1 Å². The van der Waals surface area contributed by atoms with E-state index in [0.717, 1.165) is 17.5 Å². The first-order chi connectivity index (χ1) is 15.1. The van der Waals surface area contributed by atoms with Crippen molar-refractivity contribution in [2.45, 2.75) is 19.3 Å². The topological polar surface area (TPSA) is 110 Å². The molecule has 0 spiro atoms. The minimum atomic E-state index is -3.28. The molecule has 3 heterocycles. The number of amides is 1. The average Bonchev–Trinajstić information content (AvgIpc) is 3.41. The maximum Gasteiger partial charge on any atom is 0.256 e. The highest BCUT2D eigenvalue weighted by Crippen LogP contribution is 2.23. The third kappa shape index (κ3) is 4.87. The SMILES string of the molecule is CC(C)(CNS(C)(=O)=O)c1ccc(C(=O)Nc2cn3cc(-n4ccnc4)ccc3n2)cc1. The van der Waals surface area contributed by atoms with Crippen LogP contribution in [0.5, 0.6) is 0 Å². The first-order valence-electron chi connectivity index (χ1n) is 9.94. The number of fused-ring (bicyclic) bond motifs is 1. The summed E-state index contributed by atoms with van der Waals surface area (Å²) >= 11 is 0. The van der Waals surface area contributed by atoms with Crippen molar-refractivity contribution >= 4 is 27.4 Å². The fourth-order valence-electron chi connectivity index (χ4n) is 3.28. The van der Waals surface area contributed by atoms with Crippen LogP contribution in [0.25, 0.3) is 11.3 Å². The zero-order chi connectivity index (χ0) is 22.9. The molecule has 9 nitrogen and oxygen atoms in total. The largest absolute Gasteiger partial charge is 0.305 e. The van der Waals surface area contributed by atoms with Crippen LogP contribution in [0.2, 0.25) is 0 Å². The van der Waals surface area contributed by atoms with Crippen molar-refractivity contribution < 1.29 is 13.2 Å². The number of hydrogen-bond donors (Lipinski definition) is 2. The van der Waals surface area contributed by atoms with Gasteiger partial charge in [-0.3, -0.25) is 4.79 Å². The van der Waals surface area contributed by atoms with E-state index in [1.807, 2.05) is 59.5 Å². The molecule has 4 rings (SSSR count). The summed E-state index contributed by atoms with van der Waals surface area (Å²) in [4.78, 5) is 21.2. The average molecular weight is 453 g/mol. The van der Waals surface area contributed by atoms with Gasteiger partial charge in [-0.05, 0) is 29.8 Å². The van der Waals surface area contributed by atoms with Crippen LogP contribution in [0, 0.1) is 0 Å². The highest BCUT2D eigenvalue weighted by Gasteiger charge is 2.22. The summed E-state index contributed by atoms with van der Waals surface area (Å²) in [6.07, 6.45) is 10.1. The van der Waals surface area contributed by atoms with E-state index in [0.29, 0.717) is 17.0 Å². The van der Waals surface area contributed by atoms with Gasteiger partial charge < -0.3 is 14.3 Å². The Morgan fingerprint density at radius 1 is 1.09 bits per heavy atom. The third-order valence-corrected chi connectivity index (χ3v) is 5.85. The number of benzene rings is 1. The molecule has 0 bridgehead atoms. The molecule has 0 atom stereocenters. The van der Waals surface area contributed by atoms with Gasteiger partial charge in [-0.15, -0.1) is 0 Å². The summed E-state index contributed by atoms with van der Waals surface area (Å²) in [6.45, 7) is 4.14. The molecule has 0 unspecified atom stereocenters. The highest BCUT2D eigenvalue weighted by molar-refractivity contribution is 7.88. The fourth-order valence-corrected chi connectivity index (χ4v) is 3.90. The maximum absolute atomic E-state index is 12.7. The Kier molecular flexibility index (Phi) is 5.57. The smallest absolute Gasteiger partial charge is 0.256 e. The van der Waals surface area contributed by atoms with Crippen LogP contribution in [0.3, 0.4) is 0 Å². The highest BCUT2D eigenvalue weighted by atomic mass is 32.2. The number of nitrogens with one attached hydrogen (secondary N) is 2. The van der Waals surface area contributed by atoms with Gasteiger partial charge in [-0.1, -0.05) is 26.0 Å². The first-order valence-corrected chi connectivity index (χ1v) is 11.8. The fraction of sp³-hybridized carbons (Fsp3) is 0.227. The van der Waals surface area contributed by atoms with E-state index in [4.69, 9.17) is 0 Å². The Labute approximate surface area is 186 Å². The van der Waals surface area contributed by atoms with Crippen molar-refractivity contribution in [2.24, 2.45) is 0 Å². The van der Waals surface area contributed by atoms with Gasteiger partial charge in [-0.2, -0.15) is 0 Å². The summed E-state index contributed by atoms with van der Waals surface area (Å²) in [7, 11) is -3.28. The van der Waals surface area contributed by atoms with E-state index >= 15 is 0 Å². The Bertz CT molecular complexity index is 1360. The number of sulfonamides is 1. The van der Waals surface area contributed by atoms with Gasteiger partial charge in [0.1, 0.15) is 5.65 Å². The van der Waals surface area contributed by atoms with Gasteiger partial charge in [-0.25, -0.2) is 23.1 Å². The van der Waals surface area contributed by atoms with Crippen LogP contribution in [0.4, 0.5) is 5.82 Å². The van der Waals surface area contributed by atoms with Crippen molar-refractivity contribution in [1.82, 2.24) is 23.7 Å². The number of nitrogens with zero attached hydrogens (tertiary/aromatic N) is 4. The molecule has 0 saturated heterocycles. The lowest BCUT2D eigenvalue weighted by molar-refractivity contribution is 0.102. The van der Waals surface area contributed by atoms with Gasteiger partial charge in [0.15, 0.2) is 5.82 Å². The maximum atomic E-state index is 12.7. The zero-order valence-corrected chi connectivity index (χ0v) is 18.8. The molecule has 10 heteroatoms. The zero-order valence-electron chi connectivity index (χ0n) is 18.0. The molecule has 2 N–H and O–H groups in total. The number of carbonyl (C=O) groups excluding carboxylic acids is 1. The third-order valence-electron chi connectivity index (χ3n) is 5.18. The molecule has 1 aromatic carbocycles. The van der Waals surface area contributed by atoms with E-state index in [-0.39, 0.29) is 12.5 Å². The number of pyridine rings is 1. The van der Waals surface area contributed by atoms with Crippen LogP contribution >= 0.6 is 0 Å². The molecular weight excluding hydrogens is 428 g/mol. The van der Waals surface area contributed by atoms with Crippen molar-refractivity contribution in [3.8, 4) is 5.69 Å². The molecule has 0 saturated carbocycles. The van der Waals surface area contributed by atoms with E-state index < -0.39 is 15.4 Å². The minimum Gasteiger partial charge on any atom is -0.305 e. The molecule has 4 aromatic rings. The van der Waals surface area contributed by atoms with Gasteiger partial charge >= 0.3 is 0 Å². The Morgan fingerprint density at radius 2 is 1.84 bits per heavy atom. The molecule has 1 amide bonds. The van der Waals surface area contributed by atoms with Crippen LogP contribution in [-0.2, 0) is 15.4 Å². The number of hydrogen-bond acceptors (Lipinski definition) is 5. The number of aromatic nitrogens is 4. The lowest BCUT2D eigenvalue weighted by atomic mass is 9.84. The molecule has 0 aliphatic carbocycles. The molecule has 166 valence electrons. The van der Waals surface area contributed by atoms with Crippen molar-refractivity contribution in [3.63, 3.8) is 0 Å². The van der Waals surface area contributed by atoms with Crippen LogP contribution in [0.1, 0.15) is 29.8 Å². The summed E-state index contributed by atoms with van der Waals surface area (Å²) in [5.41, 5.74) is 2.61. The van der Waals surface area contributed by atoms with Crippen LogP contribution in [-0.4, -0.2) is 46.1 Å². The van der Waals surface area contributed by atoms with Gasteiger partial charge in [0.2, 0.25) is 10.0 Å². The number of carbonyl (C=O) groups is 1. The summed E-state index contributed by atoms with van der Waals surface area (Å²) in [5.74, 6) is 0.168. The predicted octanol–water partition coefficient (Wildman–Crippen LogP) is 2.60. The number of imidazole rings is 2. The Hall–Kier alpha value is -3.50. The second-order valence-corrected chi connectivity index (χ2v) is 10.1. The van der Waals surface area contributed by atoms with E-state index in [1.54, 1.807) is 30.9 Å². The predicted molar refractivity (Wildman–Crippen MR) is 123 cm³/mol. The van der Waals surface area contributed by atoms with Gasteiger partial charge in [0.05, 0.1) is 24.5 Å². The van der Waals surface area contributed by atoms with Crippen LogP contribution < -0.4 is 10.0 Å². The Balaban J connectivity index is 1.47. The monoisotopic (exact) mass is 452 g/mol. The molecule has 0 aliphatic rings. The van der Waals surface area contributed by atoms with Crippen molar-refractivity contribution in [3.05, 3.63) is 78.6 Å². The molecule has 0 fully saturated rings. The molecule has 32 heavy (non-hydrogen) atoms. The van der Waals surface area contributed by atoms with E-state index in [9.17, 15) is 13.2 Å². The van der Waals surface area contributed by atoms with Crippen molar-refractivity contribution in [1.29, 1.82) is 0 Å². The van der Waals surface area contributed by atoms with Crippen LogP contribution in [0.15, 0.2) is 67.5 Å². The van der Waals surface area contributed by atoms with E-state index in [1.165, 1.54) is 0 Å².